The molecule has 0 bridgehead atoms. The Kier molecular flexibility index (Phi) is 3.86. The van der Waals surface area contributed by atoms with Crippen molar-refractivity contribution >= 4 is 5.91 Å². The van der Waals surface area contributed by atoms with Gasteiger partial charge in [-0.2, -0.15) is 0 Å². The molecule has 0 atom stereocenters. The van der Waals surface area contributed by atoms with Crippen molar-refractivity contribution in [2.75, 3.05) is 0 Å². The van der Waals surface area contributed by atoms with Crippen LogP contribution in [0.3, 0.4) is 0 Å². The minimum atomic E-state index is -0.566. The Hall–Kier alpha value is -3.09. The lowest BCUT2D eigenvalue weighted by molar-refractivity contribution is 0.0949. The van der Waals surface area contributed by atoms with E-state index < -0.39 is 11.7 Å². The topological polar surface area (TPSA) is 80.9 Å². The summed E-state index contributed by atoms with van der Waals surface area (Å²) in [5.41, 5.74) is 1.24. The lowest BCUT2D eigenvalue weighted by Gasteiger charge is -2.07. The summed E-state index contributed by atoms with van der Waals surface area (Å²) in [5, 5.41) is 2.66. The van der Waals surface area contributed by atoms with Gasteiger partial charge in [-0.15, -0.1) is 0 Å². The van der Waals surface area contributed by atoms with E-state index >= 15 is 0 Å². The molecule has 7 heteroatoms. The molecule has 1 N–H and O–H groups in total. The van der Waals surface area contributed by atoms with E-state index in [9.17, 15) is 9.18 Å². The lowest BCUT2D eigenvalue weighted by Crippen LogP contribution is -2.24. The molecule has 0 spiro atoms. The van der Waals surface area contributed by atoms with Crippen LogP contribution in [0.2, 0.25) is 0 Å². The van der Waals surface area contributed by atoms with E-state index in [0.29, 0.717) is 17.1 Å². The third-order valence-corrected chi connectivity index (χ3v) is 2.91. The van der Waals surface area contributed by atoms with Gasteiger partial charge in [-0.05, 0) is 18.2 Å². The van der Waals surface area contributed by atoms with Crippen LogP contribution in [-0.2, 0) is 6.54 Å². The van der Waals surface area contributed by atoms with E-state index in [1.54, 1.807) is 18.3 Å². The summed E-state index contributed by atoms with van der Waals surface area (Å²) in [4.78, 5) is 24.0. The summed E-state index contributed by atoms with van der Waals surface area (Å²) in [6, 6.07) is 4.61. The summed E-state index contributed by atoms with van der Waals surface area (Å²) in [5.74, 6) is -0.448. The molecule has 22 heavy (non-hydrogen) atoms. The highest BCUT2D eigenvalue weighted by atomic mass is 19.1. The Morgan fingerprint density at radius 3 is 2.91 bits per heavy atom. The third-order valence-electron chi connectivity index (χ3n) is 2.91. The number of hydrogen-bond acceptors (Lipinski definition) is 5. The fourth-order valence-electron chi connectivity index (χ4n) is 1.92. The van der Waals surface area contributed by atoms with Crippen molar-refractivity contribution in [1.29, 1.82) is 0 Å². The van der Waals surface area contributed by atoms with Gasteiger partial charge in [0.1, 0.15) is 11.5 Å². The standard InChI is InChI=1S/C15H11FN4O2/c16-11-6-10(7-17-8-11)15(21)20-9-12-14(19-4-3-18-12)13-2-1-5-22-13/h1-8H,9H2,(H,20,21). The molecule has 110 valence electrons. The molecular formula is C15H11FN4O2. The second-order valence-electron chi connectivity index (χ2n) is 4.40. The fraction of sp³-hybridized carbons (Fsp3) is 0.0667. The lowest BCUT2D eigenvalue weighted by atomic mass is 10.2. The van der Waals surface area contributed by atoms with Crippen LogP contribution in [0, 0.1) is 5.82 Å². The largest absolute Gasteiger partial charge is 0.463 e. The van der Waals surface area contributed by atoms with Crippen LogP contribution in [-0.4, -0.2) is 20.9 Å². The van der Waals surface area contributed by atoms with Crippen LogP contribution in [0.15, 0.2) is 53.7 Å². The van der Waals surface area contributed by atoms with Crippen molar-refractivity contribution < 1.29 is 13.6 Å². The number of carbonyl (C=O) groups excluding carboxylic acids is 1. The van der Waals surface area contributed by atoms with Gasteiger partial charge in [-0.3, -0.25) is 14.8 Å². The number of nitrogens with zero attached hydrogens (tertiary/aromatic N) is 3. The fourth-order valence-corrected chi connectivity index (χ4v) is 1.92. The van der Waals surface area contributed by atoms with Crippen molar-refractivity contribution in [3.63, 3.8) is 0 Å². The van der Waals surface area contributed by atoms with Gasteiger partial charge in [0.05, 0.1) is 30.3 Å². The summed E-state index contributed by atoms with van der Waals surface area (Å²) >= 11 is 0. The first-order valence-electron chi connectivity index (χ1n) is 6.46. The third kappa shape index (κ3) is 2.98. The smallest absolute Gasteiger partial charge is 0.253 e. The van der Waals surface area contributed by atoms with E-state index in [1.165, 1.54) is 18.7 Å². The van der Waals surface area contributed by atoms with Gasteiger partial charge >= 0.3 is 0 Å². The first-order chi connectivity index (χ1) is 10.7. The van der Waals surface area contributed by atoms with Gasteiger partial charge in [-0.1, -0.05) is 0 Å². The number of carbonyl (C=O) groups is 1. The van der Waals surface area contributed by atoms with Gasteiger partial charge in [0.25, 0.3) is 5.91 Å². The van der Waals surface area contributed by atoms with Crippen molar-refractivity contribution in [2.24, 2.45) is 0 Å². The summed E-state index contributed by atoms with van der Waals surface area (Å²) in [6.45, 7) is 0.138. The van der Waals surface area contributed by atoms with Crippen LogP contribution in [0.25, 0.3) is 11.5 Å². The van der Waals surface area contributed by atoms with Crippen molar-refractivity contribution in [2.45, 2.75) is 6.54 Å². The maximum absolute atomic E-state index is 13.1. The zero-order valence-electron chi connectivity index (χ0n) is 11.4. The van der Waals surface area contributed by atoms with Gasteiger partial charge in [-0.25, -0.2) is 9.37 Å². The molecule has 3 aromatic heterocycles. The maximum atomic E-state index is 13.1. The average molecular weight is 298 g/mol. The highest BCUT2D eigenvalue weighted by molar-refractivity contribution is 5.93. The molecule has 3 aromatic rings. The number of aromatic nitrogens is 3. The Labute approximate surface area is 125 Å². The molecule has 3 rings (SSSR count). The van der Waals surface area contributed by atoms with E-state index in [-0.39, 0.29) is 12.1 Å². The molecule has 0 saturated heterocycles. The number of furan rings is 1. The zero-order valence-corrected chi connectivity index (χ0v) is 11.4. The minimum absolute atomic E-state index is 0.138. The minimum Gasteiger partial charge on any atom is -0.463 e. The molecular weight excluding hydrogens is 287 g/mol. The molecule has 0 radical (unpaired) electrons. The predicted molar refractivity (Wildman–Crippen MR) is 75.1 cm³/mol. The van der Waals surface area contributed by atoms with Crippen molar-refractivity contribution in [1.82, 2.24) is 20.3 Å². The molecule has 0 saturated carbocycles. The first-order valence-corrected chi connectivity index (χ1v) is 6.46. The van der Waals surface area contributed by atoms with Gasteiger partial charge < -0.3 is 9.73 Å². The summed E-state index contributed by atoms with van der Waals surface area (Å²) < 4.78 is 18.4. The average Bonchev–Trinajstić information content (AvgIpc) is 3.07. The SMILES string of the molecule is O=C(NCc1nccnc1-c1ccco1)c1cncc(F)c1. The summed E-state index contributed by atoms with van der Waals surface area (Å²) in [6.07, 6.45) is 6.93. The number of pyridine rings is 1. The maximum Gasteiger partial charge on any atom is 0.253 e. The summed E-state index contributed by atoms with van der Waals surface area (Å²) in [7, 11) is 0. The zero-order chi connectivity index (χ0) is 15.4. The van der Waals surface area contributed by atoms with Gasteiger partial charge in [0.15, 0.2) is 5.76 Å². The Bertz CT molecular complexity index is 790. The van der Waals surface area contributed by atoms with E-state index in [1.807, 2.05) is 0 Å². The van der Waals surface area contributed by atoms with Crippen LogP contribution in [0.4, 0.5) is 4.39 Å². The van der Waals surface area contributed by atoms with Crippen LogP contribution < -0.4 is 5.32 Å². The number of hydrogen-bond donors (Lipinski definition) is 1. The molecule has 0 aliphatic carbocycles. The number of nitrogens with one attached hydrogen (secondary N) is 1. The quantitative estimate of drug-likeness (QED) is 0.798. The van der Waals surface area contributed by atoms with Crippen molar-refractivity contribution in [3.8, 4) is 11.5 Å². The monoisotopic (exact) mass is 298 g/mol. The molecule has 1 amide bonds. The number of amides is 1. The predicted octanol–water partition coefficient (Wildman–Crippen LogP) is 2.20. The van der Waals surface area contributed by atoms with Crippen LogP contribution >= 0.6 is 0 Å². The second kappa shape index (κ2) is 6.13. The highest BCUT2D eigenvalue weighted by Crippen LogP contribution is 2.19. The van der Waals surface area contributed by atoms with Crippen LogP contribution in [0.1, 0.15) is 16.1 Å². The van der Waals surface area contributed by atoms with E-state index in [0.717, 1.165) is 12.3 Å². The molecule has 0 fully saturated rings. The normalized spacial score (nSPS) is 10.4. The molecule has 3 heterocycles. The second-order valence-corrected chi connectivity index (χ2v) is 4.40. The molecule has 0 unspecified atom stereocenters. The highest BCUT2D eigenvalue weighted by Gasteiger charge is 2.12. The first kappa shape index (κ1) is 13.9. The van der Waals surface area contributed by atoms with Crippen LogP contribution in [0.5, 0.6) is 0 Å². The Balaban J connectivity index is 1.76. The Morgan fingerprint density at radius 2 is 2.14 bits per heavy atom. The molecule has 0 aromatic carbocycles. The van der Waals surface area contributed by atoms with E-state index in [4.69, 9.17) is 4.42 Å². The van der Waals surface area contributed by atoms with Gasteiger partial charge in [0, 0.05) is 18.6 Å². The molecule has 0 aliphatic rings. The Morgan fingerprint density at radius 1 is 1.27 bits per heavy atom. The molecule has 6 nitrogen and oxygen atoms in total. The number of halogens is 1. The van der Waals surface area contributed by atoms with Gasteiger partial charge in [0.2, 0.25) is 0 Å². The molecule has 0 aliphatic heterocycles. The van der Waals surface area contributed by atoms with Crippen molar-refractivity contribution in [3.05, 3.63) is 66.3 Å². The number of rotatable bonds is 4. The van der Waals surface area contributed by atoms with E-state index in [2.05, 4.69) is 20.3 Å².